The first-order valence-electron chi connectivity index (χ1n) is 5.01. The van der Waals surface area contributed by atoms with Crippen LogP contribution in [0.1, 0.15) is 17.4 Å². The summed E-state index contributed by atoms with van der Waals surface area (Å²) in [5.74, 6) is 0.557. The fraction of sp³-hybridized carbons (Fsp3) is 0.167. The van der Waals surface area contributed by atoms with Gasteiger partial charge in [0.1, 0.15) is 11.5 Å². The van der Waals surface area contributed by atoms with Gasteiger partial charge in [-0.3, -0.25) is 0 Å². The van der Waals surface area contributed by atoms with Crippen molar-refractivity contribution < 1.29 is 17.9 Å². The Morgan fingerprint density at radius 1 is 1.12 bits per heavy atom. The molecule has 0 aliphatic carbocycles. The molecule has 0 spiro atoms. The lowest BCUT2D eigenvalue weighted by molar-refractivity contribution is -0.0505. The molecule has 2 N–H and O–H groups in total. The maximum atomic E-state index is 12.2. The van der Waals surface area contributed by atoms with Crippen molar-refractivity contribution in [3.63, 3.8) is 0 Å². The van der Waals surface area contributed by atoms with Crippen LogP contribution in [-0.2, 0) is 0 Å². The van der Waals surface area contributed by atoms with E-state index in [9.17, 15) is 8.78 Å². The predicted octanol–water partition coefficient (Wildman–Crippen LogP) is 2.93. The van der Waals surface area contributed by atoms with Crippen LogP contribution in [0.3, 0.4) is 0 Å². The average molecular weight is 239 g/mol. The molecule has 5 heteroatoms. The van der Waals surface area contributed by atoms with Crippen LogP contribution in [0.15, 0.2) is 47.1 Å². The monoisotopic (exact) mass is 239 g/mol. The van der Waals surface area contributed by atoms with Gasteiger partial charge < -0.3 is 14.9 Å². The summed E-state index contributed by atoms with van der Waals surface area (Å²) in [5.41, 5.74) is 6.38. The van der Waals surface area contributed by atoms with E-state index in [0.29, 0.717) is 11.3 Å². The Kier molecular flexibility index (Phi) is 3.39. The zero-order valence-corrected chi connectivity index (χ0v) is 8.85. The summed E-state index contributed by atoms with van der Waals surface area (Å²) in [5, 5.41) is 0. The van der Waals surface area contributed by atoms with Gasteiger partial charge in [-0.05, 0) is 18.2 Å². The number of nitrogens with two attached hydrogens (primary N) is 1. The minimum absolute atomic E-state index is 0.0615. The highest BCUT2D eigenvalue weighted by atomic mass is 19.3. The summed E-state index contributed by atoms with van der Waals surface area (Å²) < 4.78 is 34.0. The summed E-state index contributed by atoms with van der Waals surface area (Å²) >= 11 is 0. The Bertz CT molecular complexity index is 471. The molecule has 2 rings (SSSR count). The second-order valence-electron chi connectivity index (χ2n) is 3.41. The summed E-state index contributed by atoms with van der Waals surface area (Å²) in [6.45, 7) is -2.88. The molecule has 0 aliphatic heterocycles. The van der Waals surface area contributed by atoms with Crippen LogP contribution in [0, 0.1) is 0 Å². The highest BCUT2D eigenvalue weighted by Gasteiger charge is 2.18. The molecule has 17 heavy (non-hydrogen) atoms. The van der Waals surface area contributed by atoms with Gasteiger partial charge in [0.05, 0.1) is 12.3 Å². The third kappa shape index (κ3) is 2.62. The minimum atomic E-state index is -2.88. The van der Waals surface area contributed by atoms with Crippen molar-refractivity contribution in [3.8, 4) is 5.75 Å². The molecular weight excluding hydrogens is 228 g/mol. The smallest absolute Gasteiger partial charge is 0.387 e. The third-order valence-corrected chi connectivity index (χ3v) is 2.32. The van der Waals surface area contributed by atoms with Crippen molar-refractivity contribution in [1.82, 2.24) is 0 Å². The van der Waals surface area contributed by atoms with Gasteiger partial charge in [0.25, 0.3) is 0 Å². The van der Waals surface area contributed by atoms with Crippen LogP contribution in [0.25, 0.3) is 0 Å². The Morgan fingerprint density at radius 3 is 2.53 bits per heavy atom. The van der Waals surface area contributed by atoms with E-state index in [4.69, 9.17) is 10.2 Å². The number of halogens is 2. The summed E-state index contributed by atoms with van der Waals surface area (Å²) in [6.07, 6.45) is 1.48. The first kappa shape index (κ1) is 11.6. The van der Waals surface area contributed by atoms with Crippen LogP contribution >= 0.6 is 0 Å². The van der Waals surface area contributed by atoms with Gasteiger partial charge in [0.15, 0.2) is 0 Å². The zero-order valence-electron chi connectivity index (χ0n) is 8.85. The van der Waals surface area contributed by atoms with E-state index >= 15 is 0 Å². The number of para-hydroxylation sites is 1. The van der Waals surface area contributed by atoms with E-state index in [0.717, 1.165) is 0 Å². The summed E-state index contributed by atoms with van der Waals surface area (Å²) in [7, 11) is 0. The predicted molar refractivity (Wildman–Crippen MR) is 57.8 cm³/mol. The highest BCUT2D eigenvalue weighted by molar-refractivity contribution is 5.39. The van der Waals surface area contributed by atoms with Crippen molar-refractivity contribution >= 4 is 0 Å². The lowest BCUT2D eigenvalue weighted by Crippen LogP contribution is -2.14. The van der Waals surface area contributed by atoms with Crippen molar-refractivity contribution in [2.75, 3.05) is 0 Å². The topological polar surface area (TPSA) is 48.4 Å². The largest absolute Gasteiger partial charge is 0.467 e. The first-order valence-corrected chi connectivity index (χ1v) is 5.01. The molecule has 90 valence electrons. The lowest BCUT2D eigenvalue weighted by Gasteiger charge is -2.14. The molecule has 1 heterocycles. The number of hydrogen-bond donors (Lipinski definition) is 1. The number of rotatable bonds is 4. The van der Waals surface area contributed by atoms with Gasteiger partial charge in [0, 0.05) is 5.56 Å². The quantitative estimate of drug-likeness (QED) is 0.892. The van der Waals surface area contributed by atoms with Crippen molar-refractivity contribution in [2.24, 2.45) is 5.73 Å². The Labute approximate surface area is 96.8 Å². The minimum Gasteiger partial charge on any atom is -0.467 e. The molecule has 1 aromatic carbocycles. The van der Waals surface area contributed by atoms with Crippen molar-refractivity contribution in [2.45, 2.75) is 12.7 Å². The van der Waals surface area contributed by atoms with E-state index < -0.39 is 12.7 Å². The molecular formula is C12H11F2NO2. The van der Waals surface area contributed by atoms with Crippen LogP contribution < -0.4 is 10.5 Å². The molecule has 0 saturated heterocycles. The SMILES string of the molecule is NC(c1ccco1)c1ccccc1OC(F)F. The van der Waals surface area contributed by atoms with Crippen molar-refractivity contribution in [1.29, 1.82) is 0 Å². The van der Waals surface area contributed by atoms with E-state index in [1.165, 1.54) is 12.3 Å². The fourth-order valence-electron chi connectivity index (χ4n) is 1.56. The lowest BCUT2D eigenvalue weighted by atomic mass is 10.0. The van der Waals surface area contributed by atoms with Gasteiger partial charge >= 0.3 is 6.61 Å². The number of ether oxygens (including phenoxy) is 1. The van der Waals surface area contributed by atoms with Crippen molar-refractivity contribution in [3.05, 3.63) is 54.0 Å². The molecule has 3 nitrogen and oxygen atoms in total. The summed E-state index contributed by atoms with van der Waals surface area (Å²) in [6, 6.07) is 9.14. The van der Waals surface area contributed by atoms with Crippen LogP contribution in [0.4, 0.5) is 8.78 Å². The molecule has 1 unspecified atom stereocenters. The fourth-order valence-corrected chi connectivity index (χ4v) is 1.56. The zero-order chi connectivity index (χ0) is 12.3. The first-order chi connectivity index (χ1) is 8.18. The van der Waals surface area contributed by atoms with Gasteiger partial charge in [-0.2, -0.15) is 8.78 Å². The second-order valence-corrected chi connectivity index (χ2v) is 3.41. The normalized spacial score (nSPS) is 12.7. The van der Waals surface area contributed by atoms with Crippen LogP contribution in [0.2, 0.25) is 0 Å². The Balaban J connectivity index is 2.31. The van der Waals surface area contributed by atoms with Crippen LogP contribution in [0.5, 0.6) is 5.75 Å². The maximum Gasteiger partial charge on any atom is 0.387 e. The van der Waals surface area contributed by atoms with Gasteiger partial charge in [-0.1, -0.05) is 18.2 Å². The second kappa shape index (κ2) is 4.97. The molecule has 0 saturated carbocycles. The van der Waals surface area contributed by atoms with E-state index in [1.807, 2.05) is 0 Å². The third-order valence-electron chi connectivity index (χ3n) is 2.32. The molecule has 0 radical (unpaired) electrons. The van der Waals surface area contributed by atoms with E-state index in [1.54, 1.807) is 30.3 Å². The average Bonchev–Trinajstić information content (AvgIpc) is 2.81. The van der Waals surface area contributed by atoms with Gasteiger partial charge in [-0.25, -0.2) is 0 Å². The van der Waals surface area contributed by atoms with E-state index in [-0.39, 0.29) is 5.75 Å². The number of alkyl halides is 2. The van der Waals surface area contributed by atoms with Crippen LogP contribution in [-0.4, -0.2) is 6.61 Å². The number of hydrogen-bond acceptors (Lipinski definition) is 3. The molecule has 0 fully saturated rings. The molecule has 0 aliphatic rings. The molecule has 1 atom stereocenters. The molecule has 0 amide bonds. The Morgan fingerprint density at radius 2 is 1.88 bits per heavy atom. The molecule has 0 bridgehead atoms. The van der Waals surface area contributed by atoms with E-state index in [2.05, 4.69) is 4.74 Å². The highest BCUT2D eigenvalue weighted by Crippen LogP contribution is 2.29. The standard InChI is InChI=1S/C12H11F2NO2/c13-12(14)17-9-5-2-1-4-8(9)11(15)10-6-3-7-16-10/h1-7,11-12H,15H2. The van der Waals surface area contributed by atoms with Gasteiger partial charge in [-0.15, -0.1) is 0 Å². The molecule has 2 aromatic rings. The van der Waals surface area contributed by atoms with Gasteiger partial charge in [0.2, 0.25) is 0 Å². The molecule has 1 aromatic heterocycles. The maximum absolute atomic E-state index is 12.2. The number of benzene rings is 1. The summed E-state index contributed by atoms with van der Waals surface area (Å²) in [4.78, 5) is 0. The Hall–Kier alpha value is -1.88. The number of furan rings is 1.